The number of halogens is 2. The maximum absolute atomic E-state index is 13.4. The van der Waals surface area contributed by atoms with E-state index in [1.54, 1.807) is 12.1 Å². The molecule has 0 spiro atoms. The van der Waals surface area contributed by atoms with Crippen molar-refractivity contribution in [2.75, 3.05) is 13.1 Å². The van der Waals surface area contributed by atoms with Crippen LogP contribution in [0.1, 0.15) is 48.9 Å². The monoisotopic (exact) mass is 314 g/mol. The van der Waals surface area contributed by atoms with Crippen molar-refractivity contribution in [2.45, 2.75) is 44.6 Å². The largest absolute Gasteiger partial charge is 0.351 e. The second-order valence-electron chi connectivity index (χ2n) is 5.38. The molecule has 5 heteroatoms. The fourth-order valence-corrected chi connectivity index (χ4v) is 2.68. The van der Waals surface area contributed by atoms with E-state index >= 15 is 0 Å². The highest BCUT2D eigenvalue weighted by Crippen LogP contribution is 2.16. The summed E-state index contributed by atoms with van der Waals surface area (Å²) in [7, 11) is 0. The number of benzene rings is 1. The molecule has 1 aromatic rings. The summed E-state index contributed by atoms with van der Waals surface area (Å²) in [5.41, 5.74) is 0.113. The van der Waals surface area contributed by atoms with Gasteiger partial charge in [-0.3, -0.25) is 4.79 Å². The van der Waals surface area contributed by atoms with Gasteiger partial charge in [0.15, 0.2) is 0 Å². The Balaban J connectivity index is 0.00000220. The number of hydrogen-bond donors (Lipinski definition) is 2. The topological polar surface area (TPSA) is 41.1 Å². The molecule has 2 N–H and O–H groups in total. The average Bonchev–Trinajstić information content (AvgIpc) is 2.72. The number of carbonyl (C=O) groups excluding carboxylic acids is 1. The highest BCUT2D eigenvalue weighted by molar-refractivity contribution is 5.94. The average molecular weight is 315 g/mol. The lowest BCUT2D eigenvalue weighted by molar-refractivity contribution is 0.0949. The Kier molecular flexibility index (Phi) is 8.31. The van der Waals surface area contributed by atoms with Gasteiger partial charge in [-0.25, -0.2) is 4.39 Å². The first-order chi connectivity index (χ1) is 9.77. The molecule has 3 nitrogen and oxygen atoms in total. The van der Waals surface area contributed by atoms with Crippen LogP contribution in [-0.2, 0) is 0 Å². The lowest BCUT2D eigenvalue weighted by Gasteiger charge is -2.16. The van der Waals surface area contributed by atoms with Crippen molar-refractivity contribution >= 4 is 18.3 Å². The van der Waals surface area contributed by atoms with Crippen molar-refractivity contribution < 1.29 is 9.18 Å². The summed E-state index contributed by atoms with van der Waals surface area (Å²) < 4.78 is 13.4. The van der Waals surface area contributed by atoms with Crippen LogP contribution in [0.15, 0.2) is 24.3 Å². The highest BCUT2D eigenvalue weighted by atomic mass is 35.5. The lowest BCUT2D eigenvalue weighted by Crippen LogP contribution is -2.37. The van der Waals surface area contributed by atoms with E-state index in [1.165, 1.54) is 50.7 Å². The molecule has 1 aromatic carbocycles. The van der Waals surface area contributed by atoms with Gasteiger partial charge in [-0.2, -0.15) is 0 Å². The van der Waals surface area contributed by atoms with Crippen LogP contribution in [0.4, 0.5) is 4.39 Å². The summed E-state index contributed by atoms with van der Waals surface area (Å²) in [6, 6.07) is 6.63. The van der Waals surface area contributed by atoms with Crippen molar-refractivity contribution in [1.29, 1.82) is 0 Å². The van der Waals surface area contributed by atoms with Gasteiger partial charge in [-0.05, 0) is 25.0 Å². The van der Waals surface area contributed by atoms with Gasteiger partial charge in [0.1, 0.15) is 5.82 Å². The summed E-state index contributed by atoms with van der Waals surface area (Å²) in [6.07, 6.45) is 7.70. The Bertz CT molecular complexity index is 434. The molecule has 0 saturated heterocycles. The quantitative estimate of drug-likeness (QED) is 0.647. The van der Waals surface area contributed by atoms with Crippen LogP contribution in [0.5, 0.6) is 0 Å². The molecule has 1 amide bonds. The maximum Gasteiger partial charge on any atom is 0.254 e. The van der Waals surface area contributed by atoms with Crippen LogP contribution in [0.3, 0.4) is 0 Å². The van der Waals surface area contributed by atoms with E-state index < -0.39 is 5.82 Å². The van der Waals surface area contributed by atoms with Gasteiger partial charge in [0, 0.05) is 19.1 Å². The molecule has 0 unspecified atom stereocenters. The molecular formula is C16H24ClFN2O. The first kappa shape index (κ1) is 17.9. The minimum atomic E-state index is -0.471. The molecule has 1 saturated carbocycles. The fraction of sp³-hybridized carbons (Fsp3) is 0.562. The predicted molar refractivity (Wildman–Crippen MR) is 85.5 cm³/mol. The number of rotatable bonds is 5. The van der Waals surface area contributed by atoms with Crippen LogP contribution in [-0.4, -0.2) is 25.0 Å². The lowest BCUT2D eigenvalue weighted by atomic mass is 10.1. The van der Waals surface area contributed by atoms with Crippen LogP contribution in [0.2, 0.25) is 0 Å². The van der Waals surface area contributed by atoms with Crippen molar-refractivity contribution in [3.8, 4) is 0 Å². The number of carbonyl (C=O) groups is 1. The van der Waals surface area contributed by atoms with E-state index in [9.17, 15) is 9.18 Å². The molecule has 1 aliphatic rings. The summed E-state index contributed by atoms with van der Waals surface area (Å²) in [4.78, 5) is 11.8. The van der Waals surface area contributed by atoms with Crippen LogP contribution >= 0.6 is 12.4 Å². The third-order valence-corrected chi connectivity index (χ3v) is 3.82. The number of amides is 1. The Morgan fingerprint density at radius 2 is 1.76 bits per heavy atom. The normalized spacial score (nSPS) is 15.9. The third-order valence-electron chi connectivity index (χ3n) is 3.82. The molecule has 1 fully saturated rings. The molecule has 21 heavy (non-hydrogen) atoms. The van der Waals surface area contributed by atoms with Gasteiger partial charge in [0.25, 0.3) is 5.91 Å². The van der Waals surface area contributed by atoms with Gasteiger partial charge >= 0.3 is 0 Å². The van der Waals surface area contributed by atoms with Crippen LogP contribution < -0.4 is 10.6 Å². The summed E-state index contributed by atoms with van der Waals surface area (Å²) in [6.45, 7) is 1.27. The zero-order chi connectivity index (χ0) is 14.2. The maximum atomic E-state index is 13.4. The molecule has 2 rings (SSSR count). The van der Waals surface area contributed by atoms with E-state index in [4.69, 9.17) is 0 Å². The van der Waals surface area contributed by atoms with Gasteiger partial charge in [-0.1, -0.05) is 37.8 Å². The molecule has 0 bridgehead atoms. The molecular weight excluding hydrogens is 291 g/mol. The van der Waals surface area contributed by atoms with E-state index in [-0.39, 0.29) is 23.9 Å². The predicted octanol–water partition coefficient (Wildman–Crippen LogP) is 3.29. The van der Waals surface area contributed by atoms with E-state index in [1.807, 2.05) is 0 Å². The van der Waals surface area contributed by atoms with Crippen LogP contribution in [0.25, 0.3) is 0 Å². The smallest absolute Gasteiger partial charge is 0.254 e. The van der Waals surface area contributed by atoms with E-state index in [0.717, 1.165) is 6.54 Å². The van der Waals surface area contributed by atoms with Gasteiger partial charge in [-0.15, -0.1) is 12.4 Å². The molecule has 118 valence electrons. The summed E-state index contributed by atoms with van der Waals surface area (Å²) in [5, 5.41) is 6.23. The van der Waals surface area contributed by atoms with Gasteiger partial charge < -0.3 is 10.6 Å². The van der Waals surface area contributed by atoms with Crippen LogP contribution in [0, 0.1) is 5.82 Å². The minimum absolute atomic E-state index is 0. The molecule has 0 radical (unpaired) electrons. The molecule has 1 aliphatic carbocycles. The Labute approximate surface area is 132 Å². The van der Waals surface area contributed by atoms with Crippen molar-refractivity contribution in [2.24, 2.45) is 0 Å². The first-order valence-corrected chi connectivity index (χ1v) is 7.53. The number of nitrogens with one attached hydrogen (secondary N) is 2. The van der Waals surface area contributed by atoms with Gasteiger partial charge in [0.2, 0.25) is 0 Å². The Morgan fingerprint density at radius 1 is 1.10 bits per heavy atom. The van der Waals surface area contributed by atoms with Gasteiger partial charge in [0.05, 0.1) is 5.56 Å². The number of hydrogen-bond acceptors (Lipinski definition) is 2. The molecule has 0 aromatic heterocycles. The summed E-state index contributed by atoms with van der Waals surface area (Å²) in [5.74, 6) is -0.813. The molecule has 0 heterocycles. The van der Waals surface area contributed by atoms with Crippen molar-refractivity contribution in [3.63, 3.8) is 0 Å². The zero-order valence-electron chi connectivity index (χ0n) is 12.2. The summed E-state index contributed by atoms with van der Waals surface area (Å²) >= 11 is 0. The zero-order valence-corrected chi connectivity index (χ0v) is 13.1. The van der Waals surface area contributed by atoms with E-state index in [0.29, 0.717) is 12.6 Å². The highest BCUT2D eigenvalue weighted by Gasteiger charge is 2.12. The minimum Gasteiger partial charge on any atom is -0.351 e. The second kappa shape index (κ2) is 9.74. The Hall–Kier alpha value is -1.13. The third kappa shape index (κ3) is 6.02. The first-order valence-electron chi connectivity index (χ1n) is 7.53. The standard InChI is InChI=1S/C16H23FN2O.ClH/c17-15-10-6-5-9-14(15)16(20)19-12-11-18-13-7-3-1-2-4-8-13;/h5-6,9-10,13,18H,1-4,7-8,11-12H2,(H,19,20);1H. The Morgan fingerprint density at radius 3 is 2.43 bits per heavy atom. The SMILES string of the molecule is Cl.O=C(NCCNC1CCCCCC1)c1ccccc1F. The van der Waals surface area contributed by atoms with Crippen molar-refractivity contribution in [1.82, 2.24) is 10.6 Å². The van der Waals surface area contributed by atoms with E-state index in [2.05, 4.69) is 10.6 Å². The fourth-order valence-electron chi connectivity index (χ4n) is 2.68. The molecule has 0 atom stereocenters. The second-order valence-corrected chi connectivity index (χ2v) is 5.38. The van der Waals surface area contributed by atoms with Crippen molar-refractivity contribution in [3.05, 3.63) is 35.6 Å². The molecule has 0 aliphatic heterocycles.